The summed E-state index contributed by atoms with van der Waals surface area (Å²) >= 11 is 0. The SMILES string of the molecule is COC(C)(C)C(=O)NC(CN)Cc1ccccc1. The van der Waals surface area contributed by atoms with Gasteiger partial charge in [0.15, 0.2) is 0 Å². The molecule has 1 unspecified atom stereocenters. The molecule has 0 fully saturated rings. The van der Waals surface area contributed by atoms with Crippen LogP contribution >= 0.6 is 0 Å². The molecule has 0 aliphatic heterocycles. The van der Waals surface area contributed by atoms with E-state index in [9.17, 15) is 4.79 Å². The Labute approximate surface area is 109 Å². The molecule has 1 amide bonds. The van der Waals surface area contributed by atoms with Crippen LogP contribution in [0.15, 0.2) is 30.3 Å². The minimum atomic E-state index is -0.829. The zero-order valence-corrected chi connectivity index (χ0v) is 11.3. The van der Waals surface area contributed by atoms with E-state index in [4.69, 9.17) is 10.5 Å². The molecular formula is C14H22N2O2. The maximum absolute atomic E-state index is 12.0. The third kappa shape index (κ3) is 4.13. The zero-order chi connectivity index (χ0) is 13.6. The van der Waals surface area contributed by atoms with E-state index in [2.05, 4.69) is 5.32 Å². The minimum Gasteiger partial charge on any atom is -0.369 e. The van der Waals surface area contributed by atoms with Crippen LogP contribution in [0.4, 0.5) is 0 Å². The molecule has 0 aromatic heterocycles. The molecule has 1 aromatic carbocycles. The number of rotatable bonds is 6. The standard InChI is InChI=1S/C14H22N2O2/c1-14(2,18-3)13(17)16-12(10-15)9-11-7-5-4-6-8-11/h4-8,12H,9-10,15H2,1-3H3,(H,16,17). The van der Waals surface area contributed by atoms with E-state index in [0.717, 1.165) is 12.0 Å². The number of ether oxygens (including phenoxy) is 1. The number of nitrogens with two attached hydrogens (primary N) is 1. The summed E-state index contributed by atoms with van der Waals surface area (Å²) in [6, 6.07) is 9.89. The minimum absolute atomic E-state index is 0.0747. The predicted molar refractivity (Wildman–Crippen MR) is 72.2 cm³/mol. The highest BCUT2D eigenvalue weighted by molar-refractivity contribution is 5.84. The lowest BCUT2D eigenvalue weighted by atomic mass is 10.0. The molecule has 0 spiro atoms. The molecular weight excluding hydrogens is 228 g/mol. The van der Waals surface area contributed by atoms with Gasteiger partial charge in [0, 0.05) is 19.7 Å². The lowest BCUT2D eigenvalue weighted by Crippen LogP contribution is -2.50. The largest absolute Gasteiger partial charge is 0.369 e. The number of methoxy groups -OCH3 is 1. The van der Waals surface area contributed by atoms with E-state index in [1.54, 1.807) is 13.8 Å². The molecule has 1 aromatic rings. The molecule has 0 saturated carbocycles. The van der Waals surface area contributed by atoms with Gasteiger partial charge in [-0.15, -0.1) is 0 Å². The fourth-order valence-corrected chi connectivity index (χ4v) is 1.54. The predicted octanol–water partition coefficient (Wildman–Crippen LogP) is 1.10. The number of amides is 1. The maximum atomic E-state index is 12.0. The van der Waals surface area contributed by atoms with Crippen molar-refractivity contribution in [3.8, 4) is 0 Å². The Kier molecular flexibility index (Phi) is 5.31. The van der Waals surface area contributed by atoms with E-state index >= 15 is 0 Å². The summed E-state index contributed by atoms with van der Waals surface area (Å²) in [5.74, 6) is -0.142. The van der Waals surface area contributed by atoms with Crippen LogP contribution in [0, 0.1) is 0 Å². The Hall–Kier alpha value is -1.39. The fraction of sp³-hybridized carbons (Fsp3) is 0.500. The quantitative estimate of drug-likeness (QED) is 0.794. The number of hydrogen-bond acceptors (Lipinski definition) is 3. The first-order valence-electron chi connectivity index (χ1n) is 6.09. The summed E-state index contributed by atoms with van der Waals surface area (Å²) < 4.78 is 5.14. The molecule has 1 atom stereocenters. The van der Waals surface area contributed by atoms with Crippen LogP contribution in [-0.4, -0.2) is 31.2 Å². The van der Waals surface area contributed by atoms with E-state index in [1.165, 1.54) is 7.11 Å². The van der Waals surface area contributed by atoms with Crippen LogP contribution in [0.25, 0.3) is 0 Å². The molecule has 0 bridgehead atoms. The van der Waals surface area contributed by atoms with Crippen molar-refractivity contribution < 1.29 is 9.53 Å². The third-order valence-electron chi connectivity index (χ3n) is 3.00. The Morgan fingerprint density at radius 1 is 1.39 bits per heavy atom. The smallest absolute Gasteiger partial charge is 0.251 e. The summed E-state index contributed by atoms with van der Waals surface area (Å²) in [4.78, 5) is 12.0. The van der Waals surface area contributed by atoms with Crippen molar-refractivity contribution in [1.29, 1.82) is 0 Å². The second kappa shape index (κ2) is 6.52. The van der Waals surface area contributed by atoms with Crippen molar-refractivity contribution in [3.63, 3.8) is 0 Å². The molecule has 0 radical (unpaired) electrons. The Bertz CT molecular complexity index is 377. The van der Waals surface area contributed by atoms with Crippen molar-refractivity contribution >= 4 is 5.91 Å². The summed E-state index contributed by atoms with van der Waals surface area (Å²) in [6.07, 6.45) is 0.725. The second-order valence-corrected chi connectivity index (χ2v) is 4.81. The normalized spacial score (nSPS) is 13.1. The molecule has 18 heavy (non-hydrogen) atoms. The first-order chi connectivity index (χ1) is 8.49. The highest BCUT2D eigenvalue weighted by atomic mass is 16.5. The van der Waals surface area contributed by atoms with Gasteiger partial charge in [-0.2, -0.15) is 0 Å². The van der Waals surface area contributed by atoms with Gasteiger partial charge in [-0.3, -0.25) is 4.79 Å². The number of hydrogen-bond donors (Lipinski definition) is 2. The van der Waals surface area contributed by atoms with Gasteiger partial charge in [-0.1, -0.05) is 30.3 Å². The number of benzene rings is 1. The number of nitrogens with one attached hydrogen (secondary N) is 1. The molecule has 3 N–H and O–H groups in total. The van der Waals surface area contributed by atoms with Crippen LogP contribution in [0.3, 0.4) is 0 Å². The van der Waals surface area contributed by atoms with Crippen molar-refractivity contribution in [2.75, 3.05) is 13.7 Å². The average Bonchev–Trinajstić information content (AvgIpc) is 2.38. The van der Waals surface area contributed by atoms with E-state index in [-0.39, 0.29) is 11.9 Å². The van der Waals surface area contributed by atoms with Crippen molar-refractivity contribution in [3.05, 3.63) is 35.9 Å². The van der Waals surface area contributed by atoms with Gasteiger partial charge in [-0.05, 0) is 25.8 Å². The van der Waals surface area contributed by atoms with Crippen LogP contribution < -0.4 is 11.1 Å². The molecule has 0 heterocycles. The topological polar surface area (TPSA) is 64.3 Å². The van der Waals surface area contributed by atoms with Gasteiger partial charge in [0.2, 0.25) is 0 Å². The third-order valence-corrected chi connectivity index (χ3v) is 3.00. The van der Waals surface area contributed by atoms with Gasteiger partial charge in [-0.25, -0.2) is 0 Å². The Morgan fingerprint density at radius 2 is 2.00 bits per heavy atom. The van der Waals surface area contributed by atoms with E-state index in [1.807, 2.05) is 30.3 Å². The molecule has 4 heteroatoms. The Balaban J connectivity index is 2.60. The van der Waals surface area contributed by atoms with Crippen LogP contribution in [0.2, 0.25) is 0 Å². The van der Waals surface area contributed by atoms with Gasteiger partial charge in [0.25, 0.3) is 5.91 Å². The second-order valence-electron chi connectivity index (χ2n) is 4.81. The number of carbonyl (C=O) groups is 1. The summed E-state index contributed by atoms with van der Waals surface area (Å²) in [5.41, 5.74) is 6.02. The van der Waals surface area contributed by atoms with Gasteiger partial charge >= 0.3 is 0 Å². The lowest BCUT2D eigenvalue weighted by Gasteiger charge is -2.25. The number of carbonyl (C=O) groups excluding carboxylic acids is 1. The Morgan fingerprint density at radius 3 is 2.50 bits per heavy atom. The maximum Gasteiger partial charge on any atom is 0.251 e. The molecule has 0 aliphatic rings. The van der Waals surface area contributed by atoms with Gasteiger partial charge in [0.05, 0.1) is 0 Å². The van der Waals surface area contributed by atoms with Gasteiger partial charge < -0.3 is 15.8 Å². The monoisotopic (exact) mass is 250 g/mol. The van der Waals surface area contributed by atoms with Crippen molar-refractivity contribution in [2.45, 2.75) is 31.9 Å². The van der Waals surface area contributed by atoms with Crippen LogP contribution in [-0.2, 0) is 16.0 Å². The first-order valence-corrected chi connectivity index (χ1v) is 6.09. The van der Waals surface area contributed by atoms with Crippen LogP contribution in [0.1, 0.15) is 19.4 Å². The molecule has 4 nitrogen and oxygen atoms in total. The zero-order valence-electron chi connectivity index (χ0n) is 11.3. The molecule has 1 rings (SSSR count). The lowest BCUT2D eigenvalue weighted by molar-refractivity contribution is -0.140. The highest BCUT2D eigenvalue weighted by Gasteiger charge is 2.28. The molecule has 0 saturated heterocycles. The van der Waals surface area contributed by atoms with E-state index in [0.29, 0.717) is 6.54 Å². The summed E-state index contributed by atoms with van der Waals surface area (Å²) in [7, 11) is 1.52. The van der Waals surface area contributed by atoms with Crippen molar-refractivity contribution in [1.82, 2.24) is 5.32 Å². The molecule has 100 valence electrons. The van der Waals surface area contributed by atoms with Crippen LogP contribution in [0.5, 0.6) is 0 Å². The molecule has 0 aliphatic carbocycles. The highest BCUT2D eigenvalue weighted by Crippen LogP contribution is 2.09. The van der Waals surface area contributed by atoms with E-state index < -0.39 is 5.60 Å². The van der Waals surface area contributed by atoms with Crippen molar-refractivity contribution in [2.24, 2.45) is 5.73 Å². The summed E-state index contributed by atoms with van der Waals surface area (Å²) in [5, 5.41) is 2.92. The fourth-order valence-electron chi connectivity index (χ4n) is 1.54. The van der Waals surface area contributed by atoms with Gasteiger partial charge in [0.1, 0.15) is 5.60 Å². The average molecular weight is 250 g/mol. The summed E-state index contributed by atoms with van der Waals surface area (Å²) in [6.45, 7) is 3.87. The first kappa shape index (κ1) is 14.7.